The zero-order valence-corrected chi connectivity index (χ0v) is 8.41. The van der Waals surface area contributed by atoms with Crippen molar-refractivity contribution in [3.05, 3.63) is 0 Å². The van der Waals surface area contributed by atoms with Crippen LogP contribution in [-0.2, 0) is 0 Å². The number of amidine groups is 1. The van der Waals surface area contributed by atoms with Gasteiger partial charge in [-0.2, -0.15) is 9.28 Å². The molecule has 1 unspecified atom stereocenters. The maximum atomic E-state index is 11.4. The second-order valence-electron chi connectivity index (χ2n) is 4.16. The summed E-state index contributed by atoms with van der Waals surface area (Å²) in [5, 5.41) is 9.34. The highest BCUT2D eigenvalue weighted by molar-refractivity contribution is 5.85. The molecule has 4 nitrogen and oxygen atoms in total. The Morgan fingerprint density at radius 3 is 2.79 bits per heavy atom. The van der Waals surface area contributed by atoms with Crippen LogP contribution in [0, 0.1) is 0 Å². The van der Waals surface area contributed by atoms with Gasteiger partial charge in [0.25, 0.3) is 0 Å². The van der Waals surface area contributed by atoms with Crippen molar-refractivity contribution >= 4 is 11.9 Å². The first-order chi connectivity index (χ1) is 6.76. The third kappa shape index (κ3) is 1.43. The first-order valence-electron chi connectivity index (χ1n) is 5.40. The number of nitrogens with zero attached hydrogens (tertiary/aromatic N) is 2. The van der Waals surface area contributed by atoms with E-state index in [1.54, 1.807) is 0 Å². The molecule has 2 aliphatic rings. The van der Waals surface area contributed by atoms with Crippen LogP contribution in [0.4, 0.5) is 4.79 Å². The predicted octanol–water partition coefficient (Wildman–Crippen LogP) is 1.86. The van der Waals surface area contributed by atoms with E-state index < -0.39 is 6.09 Å². The molecular weight excluding hydrogens is 180 g/mol. The molecule has 1 amide bonds. The molecule has 78 valence electrons. The van der Waals surface area contributed by atoms with Crippen LogP contribution in [0.2, 0.25) is 0 Å². The van der Waals surface area contributed by atoms with Crippen molar-refractivity contribution in [3.63, 3.8) is 0 Å². The summed E-state index contributed by atoms with van der Waals surface area (Å²) in [5.41, 5.74) is 0. The van der Waals surface area contributed by atoms with E-state index in [2.05, 4.69) is 4.99 Å². The molecule has 1 atom stereocenters. The minimum absolute atomic E-state index is 0.139. The van der Waals surface area contributed by atoms with Crippen LogP contribution in [0.25, 0.3) is 0 Å². The number of hydrogen-bond donors (Lipinski definition) is 1. The number of carboxylic acid groups (broad SMARTS) is 1. The molecule has 0 aromatic heterocycles. The highest BCUT2D eigenvalue weighted by atomic mass is 16.4. The summed E-state index contributed by atoms with van der Waals surface area (Å²) in [6.45, 7) is 2.31. The van der Waals surface area contributed by atoms with Crippen molar-refractivity contribution in [1.29, 1.82) is 0 Å². The maximum Gasteiger partial charge on any atom is 0.519 e. The molecule has 0 aliphatic carbocycles. The molecule has 1 N–H and O–H groups in total. The summed E-state index contributed by atoms with van der Waals surface area (Å²) in [7, 11) is 0. The molecule has 0 bridgehead atoms. The zero-order chi connectivity index (χ0) is 10.0. The highest BCUT2D eigenvalue weighted by Crippen LogP contribution is 2.24. The van der Waals surface area contributed by atoms with E-state index in [4.69, 9.17) is 0 Å². The minimum Gasteiger partial charge on any atom is -0.435 e. The third-order valence-electron chi connectivity index (χ3n) is 3.29. The van der Waals surface area contributed by atoms with Crippen LogP contribution in [0.15, 0.2) is 4.99 Å². The van der Waals surface area contributed by atoms with E-state index in [-0.39, 0.29) is 4.48 Å². The van der Waals surface area contributed by atoms with Crippen molar-refractivity contribution in [1.82, 2.24) is 0 Å². The lowest BCUT2D eigenvalue weighted by Gasteiger charge is -2.33. The summed E-state index contributed by atoms with van der Waals surface area (Å²) < 4.78 is 0.139. The van der Waals surface area contributed by atoms with Crippen molar-refractivity contribution < 1.29 is 14.4 Å². The Labute approximate surface area is 83.8 Å². The Balaban J connectivity index is 2.34. The van der Waals surface area contributed by atoms with Crippen molar-refractivity contribution in [2.24, 2.45) is 4.99 Å². The molecule has 2 aliphatic heterocycles. The summed E-state index contributed by atoms with van der Waals surface area (Å²) >= 11 is 0. The fourth-order valence-electron chi connectivity index (χ4n) is 2.49. The third-order valence-corrected chi connectivity index (χ3v) is 3.29. The fraction of sp³-hybridized carbons (Fsp3) is 0.800. The van der Waals surface area contributed by atoms with E-state index in [0.717, 1.165) is 57.6 Å². The lowest BCUT2D eigenvalue weighted by Crippen LogP contribution is -2.58. The Morgan fingerprint density at radius 1 is 1.21 bits per heavy atom. The lowest BCUT2D eigenvalue weighted by molar-refractivity contribution is -0.770. The Bertz CT molecular complexity index is 275. The van der Waals surface area contributed by atoms with Gasteiger partial charge in [0.2, 0.25) is 5.84 Å². The summed E-state index contributed by atoms with van der Waals surface area (Å²) in [5.74, 6) is 0.918. The van der Waals surface area contributed by atoms with Gasteiger partial charge < -0.3 is 5.11 Å². The van der Waals surface area contributed by atoms with Gasteiger partial charge in [-0.1, -0.05) is 0 Å². The summed E-state index contributed by atoms with van der Waals surface area (Å²) in [4.78, 5) is 15.8. The number of amides is 1. The normalized spacial score (nSPS) is 32.7. The fourth-order valence-corrected chi connectivity index (χ4v) is 2.49. The smallest absolute Gasteiger partial charge is 0.435 e. The van der Waals surface area contributed by atoms with Crippen LogP contribution >= 0.6 is 0 Å². The molecule has 4 heteroatoms. The molecule has 0 saturated carbocycles. The number of fused-ring (bicyclic) bond motifs is 1. The number of hydrogen-bond acceptors (Lipinski definition) is 2. The number of quaternary nitrogens is 1. The number of carbonyl (C=O) groups is 1. The average Bonchev–Trinajstić information content (AvgIpc) is 2.40. The maximum absolute atomic E-state index is 11.4. The van der Waals surface area contributed by atoms with Crippen LogP contribution in [0.5, 0.6) is 0 Å². The number of rotatable bonds is 0. The van der Waals surface area contributed by atoms with Crippen LogP contribution < -0.4 is 0 Å². The number of aliphatic imine (C=N–C) groups is 1. The summed E-state index contributed by atoms with van der Waals surface area (Å²) in [6.07, 6.45) is 4.36. The zero-order valence-electron chi connectivity index (χ0n) is 8.41. The van der Waals surface area contributed by atoms with Gasteiger partial charge in [-0.05, 0) is 19.3 Å². The molecule has 2 heterocycles. The van der Waals surface area contributed by atoms with Crippen LogP contribution in [0.3, 0.4) is 0 Å². The minimum atomic E-state index is -0.703. The summed E-state index contributed by atoms with van der Waals surface area (Å²) in [6, 6.07) is 0. The van der Waals surface area contributed by atoms with E-state index in [1.807, 2.05) is 0 Å². The first-order valence-corrected chi connectivity index (χ1v) is 5.40. The lowest BCUT2D eigenvalue weighted by atomic mass is 10.2. The average molecular weight is 197 g/mol. The van der Waals surface area contributed by atoms with Crippen molar-refractivity contribution in [3.8, 4) is 0 Å². The molecule has 14 heavy (non-hydrogen) atoms. The van der Waals surface area contributed by atoms with Gasteiger partial charge in [0, 0.05) is 12.8 Å². The van der Waals surface area contributed by atoms with Gasteiger partial charge in [0.05, 0.1) is 19.6 Å². The quantitative estimate of drug-likeness (QED) is 0.602. The molecule has 0 aromatic rings. The molecule has 0 aromatic carbocycles. The Kier molecular flexibility index (Phi) is 2.54. The van der Waals surface area contributed by atoms with Gasteiger partial charge in [0.15, 0.2) is 0 Å². The highest BCUT2D eigenvalue weighted by Gasteiger charge is 2.44. The molecule has 0 spiro atoms. The van der Waals surface area contributed by atoms with Crippen molar-refractivity contribution in [2.75, 3.05) is 19.6 Å². The Hall–Kier alpha value is -0.900. The van der Waals surface area contributed by atoms with E-state index in [0.29, 0.717) is 0 Å². The molecule has 0 radical (unpaired) electrons. The molecule has 2 rings (SSSR count). The second-order valence-corrected chi connectivity index (χ2v) is 4.16. The molecular formula is C10H17N2O2+. The first kappa shape index (κ1) is 9.65. The van der Waals surface area contributed by atoms with E-state index in [9.17, 15) is 9.90 Å². The van der Waals surface area contributed by atoms with Gasteiger partial charge in [-0.3, -0.25) is 0 Å². The van der Waals surface area contributed by atoms with Crippen LogP contribution in [-0.4, -0.2) is 41.2 Å². The van der Waals surface area contributed by atoms with Gasteiger partial charge in [-0.25, -0.2) is 4.99 Å². The SMILES string of the molecule is O=C(O)[N+]12CCCCCC1=NCCC2. The standard InChI is InChI=1S/C10H16N2O2/c13-10(14)12-7-3-1-2-5-9(12)11-6-4-8-12/h1-8H2/p+1. The topological polar surface area (TPSA) is 49.7 Å². The molecule has 1 fully saturated rings. The van der Waals surface area contributed by atoms with E-state index >= 15 is 0 Å². The van der Waals surface area contributed by atoms with Gasteiger partial charge in [0.1, 0.15) is 0 Å². The largest absolute Gasteiger partial charge is 0.519 e. The molecule has 1 saturated heterocycles. The monoisotopic (exact) mass is 197 g/mol. The van der Waals surface area contributed by atoms with Gasteiger partial charge >= 0.3 is 6.09 Å². The van der Waals surface area contributed by atoms with Gasteiger partial charge in [-0.15, -0.1) is 0 Å². The Morgan fingerprint density at radius 2 is 2.00 bits per heavy atom. The van der Waals surface area contributed by atoms with Crippen molar-refractivity contribution in [2.45, 2.75) is 32.1 Å². The van der Waals surface area contributed by atoms with Crippen LogP contribution in [0.1, 0.15) is 32.1 Å². The van der Waals surface area contributed by atoms with E-state index in [1.165, 1.54) is 0 Å². The second kappa shape index (κ2) is 3.69. The predicted molar refractivity (Wildman–Crippen MR) is 53.4 cm³/mol.